The molecule has 6 rings (SSSR count). The molecule has 0 aromatic carbocycles. The normalized spacial score (nSPS) is 13.6. The molecule has 2 aliphatic heterocycles. The molecule has 4 aromatic rings. The number of aryl methyl sites for hydroxylation is 6. The van der Waals surface area contributed by atoms with Crippen LogP contribution >= 0.6 is 0 Å². The van der Waals surface area contributed by atoms with Crippen molar-refractivity contribution in [3.8, 4) is 22.8 Å². The summed E-state index contributed by atoms with van der Waals surface area (Å²) in [4.78, 5) is 0. The number of fused-ring (bicyclic) bond motifs is 6. The highest BCUT2D eigenvalue weighted by Gasteiger charge is 2.29. The molecule has 2 aliphatic rings. The fraction of sp³-hybridized carbons (Fsp3) is 0.310. The van der Waals surface area contributed by atoms with E-state index >= 15 is 0 Å². The van der Waals surface area contributed by atoms with Crippen LogP contribution in [0.2, 0.25) is 0 Å². The molecule has 0 radical (unpaired) electrons. The number of pyridine rings is 4. The van der Waals surface area contributed by atoms with Crippen LogP contribution in [0.5, 0.6) is 0 Å². The van der Waals surface area contributed by atoms with Gasteiger partial charge in [-0.05, 0) is 49.9 Å². The van der Waals surface area contributed by atoms with E-state index in [-0.39, 0.29) is 0 Å². The molecule has 4 nitrogen and oxygen atoms in total. The van der Waals surface area contributed by atoms with Gasteiger partial charge in [-0.3, -0.25) is 0 Å². The third-order valence-corrected chi connectivity index (χ3v) is 7.17. The minimum absolute atomic E-state index is 1.06. The summed E-state index contributed by atoms with van der Waals surface area (Å²) in [5.74, 6) is 0. The summed E-state index contributed by atoms with van der Waals surface area (Å²) in [5.41, 5.74) is 8.22. The first-order chi connectivity index (χ1) is 16.3. The Morgan fingerprint density at radius 1 is 0.455 bits per heavy atom. The zero-order valence-electron chi connectivity index (χ0n) is 19.2. The van der Waals surface area contributed by atoms with Gasteiger partial charge in [0.25, 0.3) is 22.8 Å². The Balaban J connectivity index is 1.03. The second-order valence-corrected chi connectivity index (χ2v) is 9.35. The van der Waals surface area contributed by atoms with E-state index in [1.807, 2.05) is 0 Å². The third-order valence-electron chi connectivity index (χ3n) is 7.17. The molecule has 0 N–H and O–H groups in total. The Hall–Kier alpha value is -3.40. The van der Waals surface area contributed by atoms with Crippen molar-refractivity contribution in [3.05, 3.63) is 96.6 Å². The summed E-state index contributed by atoms with van der Waals surface area (Å²) >= 11 is 0. The van der Waals surface area contributed by atoms with Gasteiger partial charge in [0, 0.05) is 47.5 Å². The van der Waals surface area contributed by atoms with Crippen molar-refractivity contribution in [1.29, 1.82) is 0 Å². The van der Waals surface area contributed by atoms with Crippen LogP contribution in [0.3, 0.4) is 0 Å². The average Bonchev–Trinajstić information content (AvgIpc) is 2.88. The van der Waals surface area contributed by atoms with Gasteiger partial charge in [0.15, 0.2) is 24.8 Å². The number of unbranched alkanes of at least 4 members (excludes halogenated alkanes) is 2. The quantitative estimate of drug-likeness (QED) is 0.326. The van der Waals surface area contributed by atoms with E-state index in [9.17, 15) is 0 Å². The van der Waals surface area contributed by atoms with E-state index in [1.165, 1.54) is 66.0 Å². The second-order valence-electron chi connectivity index (χ2n) is 9.35. The number of hydrogen-bond acceptors (Lipinski definition) is 0. The highest BCUT2D eigenvalue weighted by Crippen LogP contribution is 2.17. The Labute approximate surface area is 196 Å². The van der Waals surface area contributed by atoms with Gasteiger partial charge >= 0.3 is 0 Å². The lowest BCUT2D eigenvalue weighted by Gasteiger charge is -2.11. The van der Waals surface area contributed by atoms with Gasteiger partial charge < -0.3 is 0 Å². The van der Waals surface area contributed by atoms with Gasteiger partial charge in [0.1, 0.15) is 0 Å². The molecule has 4 heteroatoms. The maximum atomic E-state index is 2.44. The molecule has 0 unspecified atom stereocenters. The zero-order chi connectivity index (χ0) is 22.0. The molecule has 0 amide bonds. The summed E-state index contributed by atoms with van der Waals surface area (Å²) in [5, 5.41) is 0. The SMILES string of the molecule is c1cc[n+]2c(c1)-c1ccc(CCCCCc3ccc4[n+](c3)CC[n+]3ccccc3-4)c[n+]1CC2. The van der Waals surface area contributed by atoms with E-state index in [2.05, 4.69) is 104 Å². The topological polar surface area (TPSA) is 15.5 Å². The lowest BCUT2D eigenvalue weighted by molar-refractivity contribution is -0.795. The lowest BCUT2D eigenvalue weighted by atomic mass is 10.0. The third kappa shape index (κ3) is 4.06. The van der Waals surface area contributed by atoms with E-state index < -0.39 is 0 Å². The first kappa shape index (κ1) is 20.2. The van der Waals surface area contributed by atoms with Gasteiger partial charge in [-0.25, -0.2) is 0 Å². The molecular weight excluding hydrogens is 404 g/mol. The van der Waals surface area contributed by atoms with Crippen molar-refractivity contribution in [2.75, 3.05) is 0 Å². The molecule has 0 saturated carbocycles. The van der Waals surface area contributed by atoms with Crippen LogP contribution in [0, 0.1) is 0 Å². The highest BCUT2D eigenvalue weighted by atomic mass is 15.1. The summed E-state index contributed by atoms with van der Waals surface area (Å²) in [7, 11) is 0. The van der Waals surface area contributed by atoms with E-state index in [0.717, 1.165) is 26.2 Å². The lowest BCUT2D eigenvalue weighted by Crippen LogP contribution is -2.53. The van der Waals surface area contributed by atoms with Crippen LogP contribution in [0.1, 0.15) is 30.4 Å². The van der Waals surface area contributed by atoms with Crippen LogP contribution in [0.15, 0.2) is 85.5 Å². The summed E-state index contributed by atoms with van der Waals surface area (Å²) < 4.78 is 9.58. The van der Waals surface area contributed by atoms with Gasteiger partial charge in [-0.1, -0.05) is 6.42 Å². The minimum atomic E-state index is 1.06. The van der Waals surface area contributed by atoms with E-state index in [1.54, 1.807) is 0 Å². The molecule has 0 spiro atoms. The van der Waals surface area contributed by atoms with Gasteiger partial charge in [-0.2, -0.15) is 18.3 Å². The van der Waals surface area contributed by atoms with Crippen molar-refractivity contribution in [3.63, 3.8) is 0 Å². The standard InChI is InChI=1S/C29H32N4/c1(2-8-24-12-14-28-26-10-4-6-16-30(26)18-20-32(28)22-24)3-9-25-13-15-29-27-11-5-7-17-31(27)19-21-33(29)23-25/h4-7,10-17,22-23H,1-3,8-9,18-21H2/q+4. The van der Waals surface area contributed by atoms with E-state index in [4.69, 9.17) is 0 Å². The molecule has 0 aliphatic carbocycles. The molecular formula is C29H32N4+4. The number of rotatable bonds is 6. The van der Waals surface area contributed by atoms with Gasteiger partial charge in [-0.15, -0.1) is 0 Å². The fourth-order valence-electron chi connectivity index (χ4n) is 5.39. The molecule has 4 aromatic heterocycles. The Kier molecular flexibility index (Phi) is 5.43. The summed E-state index contributed by atoms with van der Waals surface area (Å²) in [6.07, 6.45) is 15.3. The number of nitrogens with zero attached hydrogens (tertiary/aromatic N) is 4. The first-order valence-corrected chi connectivity index (χ1v) is 12.4. The monoisotopic (exact) mass is 436 g/mol. The first-order valence-electron chi connectivity index (χ1n) is 12.4. The molecule has 0 saturated heterocycles. The molecule has 0 bridgehead atoms. The molecule has 164 valence electrons. The van der Waals surface area contributed by atoms with Crippen molar-refractivity contribution in [2.45, 2.75) is 58.3 Å². The van der Waals surface area contributed by atoms with Crippen LogP contribution in [-0.4, -0.2) is 0 Å². The summed E-state index contributed by atoms with van der Waals surface area (Å²) in [6.45, 7) is 4.23. The summed E-state index contributed by atoms with van der Waals surface area (Å²) in [6, 6.07) is 22.2. The van der Waals surface area contributed by atoms with Gasteiger partial charge in [0.05, 0.1) is 0 Å². The predicted octanol–water partition coefficient (Wildman–Crippen LogP) is 3.15. The van der Waals surface area contributed by atoms with Crippen molar-refractivity contribution in [2.24, 2.45) is 0 Å². The Morgan fingerprint density at radius 3 is 1.42 bits per heavy atom. The van der Waals surface area contributed by atoms with Crippen LogP contribution in [0.4, 0.5) is 0 Å². The average molecular weight is 437 g/mol. The van der Waals surface area contributed by atoms with Gasteiger partial charge in [0.2, 0.25) is 26.2 Å². The minimum Gasteiger partial charge on any atom is -0.187 e. The molecule has 0 atom stereocenters. The van der Waals surface area contributed by atoms with Crippen LogP contribution in [0.25, 0.3) is 22.8 Å². The van der Waals surface area contributed by atoms with Crippen LogP contribution in [-0.2, 0) is 39.0 Å². The number of aromatic nitrogens is 4. The maximum absolute atomic E-state index is 2.44. The number of hydrogen-bond donors (Lipinski definition) is 0. The Morgan fingerprint density at radius 2 is 0.909 bits per heavy atom. The largest absolute Gasteiger partial charge is 0.277 e. The van der Waals surface area contributed by atoms with Crippen molar-refractivity contribution < 1.29 is 18.3 Å². The molecule has 0 fully saturated rings. The van der Waals surface area contributed by atoms with Crippen molar-refractivity contribution in [1.82, 2.24) is 0 Å². The van der Waals surface area contributed by atoms with E-state index in [0.29, 0.717) is 0 Å². The Bertz CT molecular complexity index is 1210. The van der Waals surface area contributed by atoms with Crippen LogP contribution < -0.4 is 18.3 Å². The smallest absolute Gasteiger partial charge is 0.187 e. The van der Waals surface area contributed by atoms with Crippen molar-refractivity contribution >= 4 is 0 Å². The molecule has 33 heavy (non-hydrogen) atoms. The molecule has 6 heterocycles. The maximum Gasteiger partial charge on any atom is 0.277 e. The highest BCUT2D eigenvalue weighted by molar-refractivity contribution is 5.47. The zero-order valence-corrected chi connectivity index (χ0v) is 19.2. The predicted molar refractivity (Wildman–Crippen MR) is 126 cm³/mol. The second kappa shape index (κ2) is 8.86. The fourth-order valence-corrected chi connectivity index (χ4v) is 5.39.